The number of nitrogens with zero attached hydrogens (tertiary/aromatic N) is 5. The van der Waals surface area contributed by atoms with E-state index in [9.17, 15) is 9.18 Å². The number of pyridine rings is 1. The zero-order valence-electron chi connectivity index (χ0n) is 18.3. The second-order valence-corrected chi connectivity index (χ2v) is 9.32. The van der Waals surface area contributed by atoms with E-state index in [-0.39, 0.29) is 28.7 Å². The second kappa shape index (κ2) is 8.09. The maximum absolute atomic E-state index is 14.1. The van der Waals surface area contributed by atoms with Crippen LogP contribution in [-0.2, 0) is 6.54 Å². The molecule has 2 aliphatic rings. The standard InChI is InChI=1S/C24H27FN6O/c1-16(2)21-27-22(29-28-21)19-12-30(11-17-6-4-3-5-7-17)13-24(19)14-31(15-24)23(32)18-8-9-26-10-20(18)25/h3-10,16,19H,11-15H2,1-2H3,(H,27,28,29). The summed E-state index contributed by atoms with van der Waals surface area (Å²) < 4.78 is 14.1. The number of carbonyl (C=O) groups excluding carboxylic acids is 1. The fraction of sp³-hybridized carbons (Fsp3) is 0.417. The molecule has 1 spiro atoms. The topological polar surface area (TPSA) is 78.0 Å². The third-order valence-corrected chi connectivity index (χ3v) is 6.64. The van der Waals surface area contributed by atoms with E-state index < -0.39 is 5.82 Å². The summed E-state index contributed by atoms with van der Waals surface area (Å²) in [5.74, 6) is 1.21. The van der Waals surface area contributed by atoms with Crippen molar-refractivity contribution in [3.05, 3.63) is 77.4 Å². The average Bonchev–Trinajstić information content (AvgIpc) is 3.38. The number of aromatic amines is 1. The molecule has 0 radical (unpaired) electrons. The minimum atomic E-state index is -0.580. The molecule has 0 aliphatic carbocycles. The zero-order chi connectivity index (χ0) is 22.3. The molecule has 1 amide bonds. The van der Waals surface area contributed by atoms with E-state index >= 15 is 0 Å². The molecule has 2 saturated heterocycles. The summed E-state index contributed by atoms with van der Waals surface area (Å²) in [4.78, 5) is 25.6. The van der Waals surface area contributed by atoms with E-state index in [2.05, 4.69) is 58.2 Å². The Morgan fingerprint density at radius 3 is 2.69 bits per heavy atom. The zero-order valence-corrected chi connectivity index (χ0v) is 18.3. The molecule has 2 aromatic heterocycles. The summed E-state index contributed by atoms with van der Waals surface area (Å²) >= 11 is 0. The number of rotatable bonds is 5. The van der Waals surface area contributed by atoms with Crippen molar-refractivity contribution in [1.29, 1.82) is 0 Å². The van der Waals surface area contributed by atoms with Crippen LogP contribution in [0.5, 0.6) is 0 Å². The van der Waals surface area contributed by atoms with Gasteiger partial charge in [0.1, 0.15) is 5.82 Å². The van der Waals surface area contributed by atoms with Gasteiger partial charge >= 0.3 is 0 Å². The van der Waals surface area contributed by atoms with Crippen molar-refractivity contribution in [3.8, 4) is 0 Å². The lowest BCUT2D eigenvalue weighted by Crippen LogP contribution is -2.61. The summed E-state index contributed by atoms with van der Waals surface area (Å²) in [7, 11) is 0. The van der Waals surface area contributed by atoms with Crippen molar-refractivity contribution >= 4 is 5.91 Å². The molecule has 1 atom stereocenters. The van der Waals surface area contributed by atoms with Gasteiger partial charge in [-0.2, -0.15) is 5.10 Å². The van der Waals surface area contributed by atoms with Gasteiger partial charge in [0.05, 0.1) is 11.8 Å². The molecule has 1 aromatic carbocycles. The van der Waals surface area contributed by atoms with Gasteiger partial charge in [-0.05, 0) is 11.6 Å². The summed E-state index contributed by atoms with van der Waals surface area (Å²) in [5, 5.41) is 7.58. The first-order chi connectivity index (χ1) is 15.4. The van der Waals surface area contributed by atoms with Gasteiger partial charge in [0.2, 0.25) is 0 Å². The Labute approximate surface area is 186 Å². The number of amides is 1. The lowest BCUT2D eigenvalue weighted by Gasteiger charge is -2.50. The molecule has 2 aliphatic heterocycles. The highest BCUT2D eigenvalue weighted by Gasteiger charge is 2.57. The van der Waals surface area contributed by atoms with E-state index in [4.69, 9.17) is 4.98 Å². The quantitative estimate of drug-likeness (QED) is 0.667. The Morgan fingerprint density at radius 1 is 1.22 bits per heavy atom. The second-order valence-electron chi connectivity index (χ2n) is 9.32. The van der Waals surface area contributed by atoms with Crippen molar-refractivity contribution in [2.24, 2.45) is 5.41 Å². The number of nitrogens with one attached hydrogen (secondary N) is 1. The number of H-pyrrole nitrogens is 1. The number of hydrogen-bond donors (Lipinski definition) is 1. The Bertz CT molecular complexity index is 1110. The first-order valence-electron chi connectivity index (χ1n) is 11.0. The van der Waals surface area contributed by atoms with E-state index in [0.29, 0.717) is 13.1 Å². The van der Waals surface area contributed by atoms with Crippen molar-refractivity contribution in [3.63, 3.8) is 0 Å². The minimum absolute atomic E-state index is 0.0762. The van der Waals surface area contributed by atoms with Crippen LogP contribution in [0.15, 0.2) is 48.8 Å². The molecule has 0 bridgehead atoms. The third kappa shape index (κ3) is 3.68. The molecule has 2 fully saturated rings. The first-order valence-corrected chi connectivity index (χ1v) is 11.0. The van der Waals surface area contributed by atoms with E-state index in [1.807, 2.05) is 6.07 Å². The van der Waals surface area contributed by atoms with Gasteiger partial charge < -0.3 is 4.90 Å². The molecule has 5 rings (SSSR count). The van der Waals surface area contributed by atoms with Gasteiger partial charge in [-0.3, -0.25) is 19.8 Å². The first kappa shape index (κ1) is 20.8. The molecule has 32 heavy (non-hydrogen) atoms. The predicted octanol–water partition coefficient (Wildman–Crippen LogP) is 3.20. The third-order valence-electron chi connectivity index (χ3n) is 6.64. The van der Waals surface area contributed by atoms with E-state index in [0.717, 1.165) is 37.5 Å². The lowest BCUT2D eigenvalue weighted by molar-refractivity contribution is 0.00145. The lowest BCUT2D eigenvalue weighted by atomic mass is 9.71. The van der Waals surface area contributed by atoms with Gasteiger partial charge in [-0.25, -0.2) is 9.37 Å². The van der Waals surface area contributed by atoms with Crippen LogP contribution in [0.1, 0.15) is 53.3 Å². The normalized spacial score (nSPS) is 20.1. The molecule has 0 saturated carbocycles. The number of carbonyl (C=O) groups is 1. The summed E-state index contributed by atoms with van der Waals surface area (Å²) in [6.45, 7) is 7.83. The summed E-state index contributed by atoms with van der Waals surface area (Å²) in [5.41, 5.74) is 1.21. The molecular weight excluding hydrogens is 407 g/mol. The Hall–Kier alpha value is -3.13. The number of aromatic nitrogens is 4. The highest BCUT2D eigenvalue weighted by atomic mass is 19.1. The average molecular weight is 435 g/mol. The van der Waals surface area contributed by atoms with E-state index in [1.54, 1.807) is 4.90 Å². The molecule has 7 nitrogen and oxygen atoms in total. The van der Waals surface area contributed by atoms with Gasteiger partial charge in [0.25, 0.3) is 5.91 Å². The number of hydrogen-bond acceptors (Lipinski definition) is 5. The molecule has 4 heterocycles. The van der Waals surface area contributed by atoms with Crippen LogP contribution in [0.4, 0.5) is 4.39 Å². The fourth-order valence-electron chi connectivity index (χ4n) is 5.01. The fourth-order valence-corrected chi connectivity index (χ4v) is 5.01. The maximum Gasteiger partial charge on any atom is 0.256 e. The molecular formula is C24H27FN6O. The van der Waals surface area contributed by atoms with Gasteiger partial charge in [0.15, 0.2) is 11.6 Å². The van der Waals surface area contributed by atoms with Crippen LogP contribution in [-0.4, -0.2) is 62.1 Å². The van der Waals surface area contributed by atoms with Crippen molar-refractivity contribution in [2.75, 3.05) is 26.2 Å². The molecule has 1 N–H and O–H groups in total. The van der Waals surface area contributed by atoms with Crippen LogP contribution >= 0.6 is 0 Å². The van der Waals surface area contributed by atoms with Crippen LogP contribution in [0.25, 0.3) is 0 Å². The van der Waals surface area contributed by atoms with Crippen LogP contribution in [0, 0.1) is 11.2 Å². The molecule has 8 heteroatoms. The monoisotopic (exact) mass is 434 g/mol. The minimum Gasteiger partial charge on any atom is -0.337 e. The van der Waals surface area contributed by atoms with Crippen LogP contribution in [0.3, 0.4) is 0 Å². The van der Waals surface area contributed by atoms with Gasteiger partial charge in [-0.1, -0.05) is 44.2 Å². The molecule has 166 valence electrons. The van der Waals surface area contributed by atoms with Gasteiger partial charge in [0, 0.05) is 56.2 Å². The van der Waals surface area contributed by atoms with Crippen molar-refractivity contribution in [2.45, 2.75) is 32.2 Å². The van der Waals surface area contributed by atoms with E-state index in [1.165, 1.54) is 17.8 Å². The summed E-state index contributed by atoms with van der Waals surface area (Å²) in [6, 6.07) is 11.8. The Balaban J connectivity index is 1.38. The molecule has 3 aromatic rings. The highest BCUT2D eigenvalue weighted by Crippen LogP contribution is 2.49. The largest absolute Gasteiger partial charge is 0.337 e. The predicted molar refractivity (Wildman–Crippen MR) is 117 cm³/mol. The maximum atomic E-state index is 14.1. The van der Waals surface area contributed by atoms with Crippen LogP contribution < -0.4 is 0 Å². The number of benzene rings is 1. The van der Waals surface area contributed by atoms with Crippen molar-refractivity contribution in [1.82, 2.24) is 30.0 Å². The highest BCUT2D eigenvalue weighted by molar-refractivity contribution is 5.95. The Morgan fingerprint density at radius 2 is 2.00 bits per heavy atom. The van der Waals surface area contributed by atoms with Gasteiger partial charge in [-0.15, -0.1) is 0 Å². The smallest absolute Gasteiger partial charge is 0.256 e. The van der Waals surface area contributed by atoms with Crippen molar-refractivity contribution < 1.29 is 9.18 Å². The van der Waals surface area contributed by atoms with Crippen LogP contribution in [0.2, 0.25) is 0 Å². The number of likely N-dealkylation sites (tertiary alicyclic amines) is 2. The number of halogens is 1. The SMILES string of the molecule is CC(C)c1n[nH]c(C2CN(Cc3ccccc3)CC23CN(C(=O)c2ccncc2F)C3)n1. The molecule has 1 unspecified atom stereocenters. The Kier molecular flexibility index (Phi) is 5.25. The summed E-state index contributed by atoms with van der Waals surface area (Å²) in [6.07, 6.45) is 2.54.